The van der Waals surface area contributed by atoms with Gasteiger partial charge in [0.2, 0.25) is 0 Å². The normalized spacial score (nSPS) is 11.3. The van der Waals surface area contributed by atoms with Crippen LogP contribution in [0.15, 0.2) is 48.6 Å². The van der Waals surface area contributed by atoms with Crippen LogP contribution in [0.25, 0.3) is 18.2 Å². The quantitative estimate of drug-likeness (QED) is 0.386. The minimum Gasteiger partial charge on any atom is -0.507 e. The average molecular weight is 310 g/mol. The third kappa shape index (κ3) is 4.17. The smallest absolute Gasteiger partial charge is 0.157 e. The van der Waals surface area contributed by atoms with E-state index in [1.807, 2.05) is 6.92 Å². The Labute approximate surface area is 134 Å². The number of phenolic OH excluding ortho intramolecular Hbond substituents is 4. The maximum atomic E-state index is 10.0. The number of hydrogen-bond donors (Lipinski definition) is 4. The van der Waals surface area contributed by atoms with Crippen LogP contribution in [-0.2, 0) is 0 Å². The molecule has 0 heterocycles. The van der Waals surface area contributed by atoms with Gasteiger partial charge >= 0.3 is 0 Å². The van der Waals surface area contributed by atoms with E-state index < -0.39 is 0 Å². The van der Waals surface area contributed by atoms with E-state index in [1.165, 1.54) is 24.3 Å². The first kappa shape index (κ1) is 16.2. The van der Waals surface area contributed by atoms with E-state index in [4.69, 9.17) is 0 Å². The van der Waals surface area contributed by atoms with Crippen molar-refractivity contribution in [3.05, 3.63) is 65.3 Å². The second-order valence-electron chi connectivity index (χ2n) is 5.23. The van der Waals surface area contributed by atoms with Gasteiger partial charge in [-0.15, -0.1) is 0 Å². The van der Waals surface area contributed by atoms with Crippen molar-refractivity contribution in [1.29, 1.82) is 0 Å². The zero-order valence-electron chi connectivity index (χ0n) is 12.7. The molecule has 0 amide bonds. The highest BCUT2D eigenvalue weighted by atomic mass is 16.3. The first-order valence-electron chi connectivity index (χ1n) is 6.96. The van der Waals surface area contributed by atoms with Crippen LogP contribution in [-0.4, -0.2) is 20.4 Å². The van der Waals surface area contributed by atoms with Gasteiger partial charge in [0.15, 0.2) is 11.5 Å². The summed E-state index contributed by atoms with van der Waals surface area (Å²) in [6.07, 6.45) is 6.66. The molecule has 2 rings (SSSR count). The summed E-state index contributed by atoms with van der Waals surface area (Å²) >= 11 is 0. The van der Waals surface area contributed by atoms with Gasteiger partial charge in [-0.05, 0) is 48.4 Å². The lowest BCUT2D eigenvalue weighted by atomic mass is 10.1. The first-order chi connectivity index (χ1) is 10.9. The van der Waals surface area contributed by atoms with Crippen LogP contribution in [0.4, 0.5) is 0 Å². The van der Waals surface area contributed by atoms with E-state index >= 15 is 0 Å². The Morgan fingerprint density at radius 3 is 1.91 bits per heavy atom. The molecule has 0 spiro atoms. The van der Waals surface area contributed by atoms with Crippen molar-refractivity contribution in [3.8, 4) is 23.0 Å². The van der Waals surface area contributed by atoms with Gasteiger partial charge < -0.3 is 20.4 Å². The number of rotatable bonds is 4. The van der Waals surface area contributed by atoms with E-state index in [0.717, 1.165) is 5.57 Å². The van der Waals surface area contributed by atoms with Gasteiger partial charge in [-0.1, -0.05) is 36.4 Å². The average Bonchev–Trinajstić information content (AvgIpc) is 2.47. The molecule has 0 aromatic heterocycles. The van der Waals surface area contributed by atoms with E-state index in [1.54, 1.807) is 30.4 Å². The molecule has 0 fully saturated rings. The largest absolute Gasteiger partial charge is 0.507 e. The van der Waals surface area contributed by atoms with Crippen molar-refractivity contribution in [2.75, 3.05) is 0 Å². The van der Waals surface area contributed by atoms with Crippen molar-refractivity contribution < 1.29 is 20.4 Å². The van der Waals surface area contributed by atoms with Gasteiger partial charge in [0, 0.05) is 0 Å². The van der Waals surface area contributed by atoms with Gasteiger partial charge in [-0.2, -0.15) is 0 Å². The number of aromatic hydroxyl groups is 4. The molecule has 4 heteroatoms. The fourth-order valence-corrected chi connectivity index (χ4v) is 1.97. The Kier molecular flexibility index (Phi) is 4.76. The molecule has 23 heavy (non-hydrogen) atoms. The second kappa shape index (κ2) is 6.75. The monoisotopic (exact) mass is 310 g/mol. The summed E-state index contributed by atoms with van der Waals surface area (Å²) < 4.78 is 0. The molecule has 0 bridgehead atoms. The zero-order valence-corrected chi connectivity index (χ0v) is 12.7. The van der Waals surface area contributed by atoms with Crippen molar-refractivity contribution in [3.63, 3.8) is 0 Å². The summed E-state index contributed by atoms with van der Waals surface area (Å²) in [5.41, 5.74) is 2.40. The lowest BCUT2D eigenvalue weighted by Crippen LogP contribution is -1.81. The van der Waals surface area contributed by atoms with Gasteiger partial charge in [-0.3, -0.25) is 0 Å². The van der Waals surface area contributed by atoms with Crippen LogP contribution < -0.4 is 0 Å². The molecule has 0 aliphatic rings. The highest BCUT2D eigenvalue weighted by Gasteiger charge is 2.06. The fraction of sp³-hybridized carbons (Fsp3) is 0.0526. The summed E-state index contributed by atoms with van der Waals surface area (Å²) in [6.45, 7) is 5.54. The number of benzene rings is 2. The summed E-state index contributed by atoms with van der Waals surface area (Å²) in [7, 11) is 0. The van der Waals surface area contributed by atoms with E-state index in [-0.39, 0.29) is 23.0 Å². The predicted molar refractivity (Wildman–Crippen MR) is 92.3 cm³/mol. The van der Waals surface area contributed by atoms with Crippen LogP contribution >= 0.6 is 0 Å². The highest BCUT2D eigenvalue weighted by Crippen LogP contribution is 2.31. The van der Waals surface area contributed by atoms with Crippen LogP contribution in [0.1, 0.15) is 23.6 Å². The minimum atomic E-state index is -0.210. The van der Waals surface area contributed by atoms with Crippen LogP contribution in [0.5, 0.6) is 23.0 Å². The topological polar surface area (TPSA) is 80.9 Å². The first-order valence-corrected chi connectivity index (χ1v) is 6.96. The molecule has 0 atom stereocenters. The van der Waals surface area contributed by atoms with Crippen LogP contribution in [0.2, 0.25) is 0 Å². The lowest BCUT2D eigenvalue weighted by molar-refractivity contribution is 0.403. The molecule has 2 aromatic rings. The summed E-state index contributed by atoms with van der Waals surface area (Å²) in [5, 5.41) is 38.7. The standard InChI is InChI=1S/C19H18O4/c1-12(2)3-7-15-17(21)10-14(11-18(15)22)5-4-13-6-8-16(20)19(23)9-13/h3-11,20-23H,1H2,2H3. The molecule has 0 saturated carbocycles. The van der Waals surface area contributed by atoms with Crippen LogP contribution in [0.3, 0.4) is 0 Å². The molecule has 2 aromatic carbocycles. The van der Waals surface area contributed by atoms with Gasteiger partial charge in [0.05, 0.1) is 5.56 Å². The van der Waals surface area contributed by atoms with E-state index in [9.17, 15) is 20.4 Å². The zero-order chi connectivity index (χ0) is 17.0. The fourth-order valence-electron chi connectivity index (χ4n) is 1.97. The maximum absolute atomic E-state index is 10.0. The van der Waals surface area contributed by atoms with Gasteiger partial charge in [0.25, 0.3) is 0 Å². The summed E-state index contributed by atoms with van der Waals surface area (Å²) in [6, 6.07) is 7.48. The summed E-state index contributed by atoms with van der Waals surface area (Å²) in [4.78, 5) is 0. The SMILES string of the molecule is C=C(C)C=Cc1c(O)cc(C=Cc2ccc(O)c(O)c2)cc1O. The highest BCUT2D eigenvalue weighted by molar-refractivity contribution is 5.75. The Morgan fingerprint density at radius 2 is 1.35 bits per heavy atom. The van der Waals surface area contributed by atoms with Gasteiger partial charge in [0.1, 0.15) is 11.5 Å². The Hall–Kier alpha value is -3.14. The number of phenols is 4. The lowest BCUT2D eigenvalue weighted by Gasteiger charge is -2.05. The molecule has 0 unspecified atom stereocenters. The third-order valence-corrected chi connectivity index (χ3v) is 3.16. The molecular formula is C19H18O4. The second-order valence-corrected chi connectivity index (χ2v) is 5.23. The van der Waals surface area contributed by atoms with Crippen LogP contribution in [0, 0.1) is 0 Å². The van der Waals surface area contributed by atoms with Gasteiger partial charge in [-0.25, -0.2) is 0 Å². The van der Waals surface area contributed by atoms with Crippen molar-refractivity contribution in [1.82, 2.24) is 0 Å². The predicted octanol–water partition coefficient (Wildman–Crippen LogP) is 4.27. The molecule has 0 radical (unpaired) electrons. The molecule has 4 nitrogen and oxygen atoms in total. The minimum absolute atomic E-state index is 0.0456. The third-order valence-electron chi connectivity index (χ3n) is 3.16. The van der Waals surface area contributed by atoms with Crippen molar-refractivity contribution >= 4 is 18.2 Å². The van der Waals surface area contributed by atoms with E-state index in [2.05, 4.69) is 6.58 Å². The molecule has 0 aliphatic carbocycles. The number of allylic oxidation sites excluding steroid dienone is 2. The molecular weight excluding hydrogens is 292 g/mol. The Balaban J connectivity index is 2.29. The molecule has 0 aliphatic heterocycles. The van der Waals surface area contributed by atoms with E-state index in [0.29, 0.717) is 16.7 Å². The maximum Gasteiger partial charge on any atom is 0.157 e. The van der Waals surface area contributed by atoms with Crippen molar-refractivity contribution in [2.24, 2.45) is 0 Å². The Morgan fingerprint density at radius 1 is 0.783 bits per heavy atom. The number of hydrogen-bond acceptors (Lipinski definition) is 4. The summed E-state index contributed by atoms with van der Waals surface area (Å²) in [5.74, 6) is -0.490. The van der Waals surface area contributed by atoms with Crippen molar-refractivity contribution in [2.45, 2.75) is 6.92 Å². The molecule has 4 N–H and O–H groups in total. The molecule has 118 valence electrons. The Bertz CT molecular complexity index is 778. The molecule has 0 saturated heterocycles.